The monoisotopic (exact) mass is 282 g/mol. The van der Waals surface area contributed by atoms with Gasteiger partial charge >= 0.3 is 0 Å². The van der Waals surface area contributed by atoms with Crippen LogP contribution in [-0.4, -0.2) is 25.0 Å². The van der Waals surface area contributed by atoms with Gasteiger partial charge < -0.3 is 10.7 Å². The summed E-state index contributed by atoms with van der Waals surface area (Å²) in [6, 6.07) is 10.2. The summed E-state index contributed by atoms with van der Waals surface area (Å²) in [5.74, 6) is 0.471. The SMILES string of the molecule is Nc1nc(CCCc2cn(Cc3ccccc3)nn2)c[nH]1. The summed E-state index contributed by atoms with van der Waals surface area (Å²) in [5.41, 5.74) is 8.77. The van der Waals surface area contributed by atoms with Crippen LogP contribution in [0.15, 0.2) is 42.7 Å². The Bertz CT molecular complexity index is 685. The van der Waals surface area contributed by atoms with Crippen molar-refractivity contribution in [3.8, 4) is 0 Å². The summed E-state index contributed by atoms with van der Waals surface area (Å²) in [5, 5.41) is 8.37. The number of nitrogens with one attached hydrogen (secondary N) is 1. The molecule has 0 atom stereocenters. The summed E-state index contributed by atoms with van der Waals surface area (Å²) < 4.78 is 1.87. The lowest BCUT2D eigenvalue weighted by Gasteiger charge is -1.99. The molecule has 0 spiro atoms. The fourth-order valence-electron chi connectivity index (χ4n) is 2.26. The van der Waals surface area contributed by atoms with Gasteiger partial charge in [0.05, 0.1) is 17.9 Å². The highest BCUT2D eigenvalue weighted by Gasteiger charge is 2.03. The van der Waals surface area contributed by atoms with E-state index in [4.69, 9.17) is 5.73 Å². The number of hydrogen-bond donors (Lipinski definition) is 2. The van der Waals surface area contributed by atoms with Gasteiger partial charge in [-0.15, -0.1) is 5.10 Å². The van der Waals surface area contributed by atoms with Gasteiger partial charge in [0.1, 0.15) is 0 Å². The van der Waals surface area contributed by atoms with Crippen LogP contribution >= 0.6 is 0 Å². The van der Waals surface area contributed by atoms with Crippen LogP contribution in [0.1, 0.15) is 23.4 Å². The topological polar surface area (TPSA) is 85.4 Å². The lowest BCUT2D eigenvalue weighted by molar-refractivity contribution is 0.649. The molecule has 3 rings (SSSR count). The molecule has 2 aromatic heterocycles. The van der Waals surface area contributed by atoms with Gasteiger partial charge in [-0.25, -0.2) is 9.67 Å². The van der Waals surface area contributed by atoms with Gasteiger partial charge in [-0.3, -0.25) is 0 Å². The standard InChI is InChI=1S/C15H18N6/c16-15-17-9-13(18-15)7-4-8-14-11-21(20-19-14)10-12-5-2-1-3-6-12/h1-3,5-6,9,11H,4,7-8,10H2,(H3,16,17,18). The molecule has 21 heavy (non-hydrogen) atoms. The molecular weight excluding hydrogens is 264 g/mol. The van der Waals surface area contributed by atoms with E-state index in [9.17, 15) is 0 Å². The van der Waals surface area contributed by atoms with Crippen LogP contribution in [0.3, 0.4) is 0 Å². The smallest absolute Gasteiger partial charge is 0.197 e. The van der Waals surface area contributed by atoms with Crippen molar-refractivity contribution in [2.45, 2.75) is 25.8 Å². The van der Waals surface area contributed by atoms with Gasteiger partial charge in [-0.2, -0.15) is 0 Å². The third kappa shape index (κ3) is 3.68. The third-order valence-electron chi connectivity index (χ3n) is 3.29. The van der Waals surface area contributed by atoms with Gasteiger partial charge in [0, 0.05) is 12.4 Å². The second kappa shape index (κ2) is 6.21. The molecule has 0 aliphatic carbocycles. The van der Waals surface area contributed by atoms with Crippen molar-refractivity contribution in [3.63, 3.8) is 0 Å². The Hall–Kier alpha value is -2.63. The molecule has 3 aromatic rings. The van der Waals surface area contributed by atoms with E-state index in [1.165, 1.54) is 5.56 Å². The number of imidazole rings is 1. The molecule has 3 N–H and O–H groups in total. The first-order valence-corrected chi connectivity index (χ1v) is 7.02. The van der Waals surface area contributed by atoms with Gasteiger partial charge in [-0.05, 0) is 24.8 Å². The van der Waals surface area contributed by atoms with Crippen molar-refractivity contribution in [1.82, 2.24) is 25.0 Å². The van der Waals surface area contributed by atoms with E-state index in [0.717, 1.165) is 37.2 Å². The molecule has 0 saturated heterocycles. The number of nitrogens with zero attached hydrogens (tertiary/aromatic N) is 4. The predicted octanol–water partition coefficient (Wildman–Crippen LogP) is 1.81. The molecule has 6 nitrogen and oxygen atoms in total. The zero-order chi connectivity index (χ0) is 14.5. The van der Waals surface area contributed by atoms with Crippen molar-refractivity contribution >= 4 is 5.95 Å². The van der Waals surface area contributed by atoms with Crippen molar-refractivity contribution < 1.29 is 0 Å². The Morgan fingerprint density at radius 3 is 2.67 bits per heavy atom. The molecule has 0 amide bonds. The summed E-state index contributed by atoms with van der Waals surface area (Å²) in [6.07, 6.45) is 6.61. The molecule has 0 unspecified atom stereocenters. The molecule has 0 radical (unpaired) electrons. The Kier molecular flexibility index (Phi) is 3.95. The lowest BCUT2D eigenvalue weighted by Crippen LogP contribution is -1.99. The maximum absolute atomic E-state index is 5.55. The van der Waals surface area contributed by atoms with Crippen molar-refractivity contribution in [2.75, 3.05) is 5.73 Å². The van der Waals surface area contributed by atoms with E-state index < -0.39 is 0 Å². The lowest BCUT2D eigenvalue weighted by atomic mass is 10.2. The molecule has 108 valence electrons. The molecule has 0 bridgehead atoms. The van der Waals surface area contributed by atoms with Crippen molar-refractivity contribution in [1.29, 1.82) is 0 Å². The van der Waals surface area contributed by atoms with Gasteiger partial charge in [0.15, 0.2) is 5.95 Å². The maximum atomic E-state index is 5.55. The van der Waals surface area contributed by atoms with Crippen LogP contribution in [0.5, 0.6) is 0 Å². The fraction of sp³-hybridized carbons (Fsp3) is 0.267. The first-order chi connectivity index (χ1) is 10.3. The van der Waals surface area contributed by atoms with Crippen molar-refractivity contribution in [3.05, 3.63) is 59.7 Å². The van der Waals surface area contributed by atoms with E-state index in [2.05, 4.69) is 32.4 Å². The van der Waals surface area contributed by atoms with Gasteiger partial charge in [0.2, 0.25) is 0 Å². The Balaban J connectivity index is 1.51. The Morgan fingerprint density at radius 1 is 1.10 bits per heavy atom. The number of benzene rings is 1. The second-order valence-electron chi connectivity index (χ2n) is 5.02. The quantitative estimate of drug-likeness (QED) is 0.722. The minimum absolute atomic E-state index is 0.471. The van der Waals surface area contributed by atoms with Crippen LogP contribution < -0.4 is 5.73 Å². The Morgan fingerprint density at radius 2 is 1.90 bits per heavy atom. The molecule has 0 aliphatic heterocycles. The van der Waals surface area contributed by atoms with E-state index in [0.29, 0.717) is 5.95 Å². The van der Waals surface area contributed by atoms with E-state index in [-0.39, 0.29) is 0 Å². The molecule has 6 heteroatoms. The number of anilines is 1. The van der Waals surface area contributed by atoms with Crippen LogP contribution in [0.2, 0.25) is 0 Å². The molecule has 0 saturated carbocycles. The first kappa shape index (κ1) is 13.4. The minimum Gasteiger partial charge on any atom is -0.369 e. The number of aryl methyl sites for hydroxylation is 2. The zero-order valence-corrected chi connectivity index (χ0v) is 11.7. The number of rotatable bonds is 6. The molecule has 0 aliphatic rings. The van der Waals surface area contributed by atoms with E-state index >= 15 is 0 Å². The summed E-state index contributed by atoms with van der Waals surface area (Å²) >= 11 is 0. The second-order valence-corrected chi connectivity index (χ2v) is 5.02. The maximum Gasteiger partial charge on any atom is 0.197 e. The van der Waals surface area contributed by atoms with Crippen LogP contribution in [0.25, 0.3) is 0 Å². The van der Waals surface area contributed by atoms with Crippen molar-refractivity contribution in [2.24, 2.45) is 0 Å². The molecular formula is C15H18N6. The average molecular weight is 282 g/mol. The number of H-pyrrole nitrogens is 1. The van der Waals surface area contributed by atoms with Gasteiger partial charge in [0.25, 0.3) is 0 Å². The summed E-state index contributed by atoms with van der Waals surface area (Å²) in [7, 11) is 0. The van der Waals surface area contributed by atoms with E-state index in [1.54, 1.807) is 0 Å². The fourth-order valence-corrected chi connectivity index (χ4v) is 2.26. The highest BCUT2D eigenvalue weighted by molar-refractivity contribution is 5.18. The normalized spacial score (nSPS) is 10.9. The number of nitrogen functional groups attached to an aromatic ring is 1. The Labute approximate surface area is 123 Å². The zero-order valence-electron chi connectivity index (χ0n) is 11.7. The minimum atomic E-state index is 0.471. The summed E-state index contributed by atoms with van der Waals surface area (Å²) in [4.78, 5) is 7.07. The number of aromatic amines is 1. The largest absolute Gasteiger partial charge is 0.369 e. The number of hydrogen-bond acceptors (Lipinski definition) is 4. The van der Waals surface area contributed by atoms with Gasteiger partial charge in [-0.1, -0.05) is 35.5 Å². The number of nitrogens with two attached hydrogens (primary N) is 1. The molecule has 0 fully saturated rings. The highest BCUT2D eigenvalue weighted by Crippen LogP contribution is 2.07. The molecule has 2 heterocycles. The predicted molar refractivity (Wildman–Crippen MR) is 80.6 cm³/mol. The highest BCUT2D eigenvalue weighted by atomic mass is 15.4. The first-order valence-electron chi connectivity index (χ1n) is 7.02. The average Bonchev–Trinajstić information content (AvgIpc) is 3.10. The van der Waals surface area contributed by atoms with Crippen LogP contribution in [0, 0.1) is 0 Å². The molecule has 1 aromatic carbocycles. The van der Waals surface area contributed by atoms with Crippen LogP contribution in [0.4, 0.5) is 5.95 Å². The number of aromatic nitrogens is 5. The van der Waals surface area contributed by atoms with Crippen LogP contribution in [-0.2, 0) is 19.4 Å². The van der Waals surface area contributed by atoms with E-state index in [1.807, 2.05) is 35.3 Å². The summed E-state index contributed by atoms with van der Waals surface area (Å²) in [6.45, 7) is 0.754. The third-order valence-corrected chi connectivity index (χ3v) is 3.29.